The first-order valence-electron chi connectivity index (χ1n) is 7.92. The largest absolute Gasteiger partial charge is 0.497 e. The zero-order chi connectivity index (χ0) is 18.1. The van der Waals surface area contributed by atoms with Crippen molar-refractivity contribution in [1.29, 1.82) is 0 Å². The molecule has 0 saturated heterocycles. The van der Waals surface area contributed by atoms with Gasteiger partial charge in [0.05, 0.1) is 7.11 Å². The molecule has 0 aliphatic heterocycles. The maximum absolute atomic E-state index is 11.8. The highest BCUT2D eigenvalue weighted by atomic mass is 16.6. The van der Waals surface area contributed by atoms with Crippen LogP contribution in [0, 0.1) is 0 Å². The van der Waals surface area contributed by atoms with Crippen LogP contribution in [0.3, 0.4) is 0 Å². The van der Waals surface area contributed by atoms with Crippen LogP contribution >= 0.6 is 0 Å². The van der Waals surface area contributed by atoms with E-state index in [1.807, 2.05) is 24.3 Å². The van der Waals surface area contributed by atoms with E-state index in [9.17, 15) is 9.59 Å². The predicted molar refractivity (Wildman–Crippen MR) is 93.9 cm³/mol. The second-order valence-electron chi connectivity index (χ2n) is 5.22. The highest BCUT2D eigenvalue weighted by Gasteiger charge is 2.09. The lowest BCUT2D eigenvalue weighted by Gasteiger charge is -2.08. The molecular weight excluding hydrogens is 322 g/mol. The van der Waals surface area contributed by atoms with Crippen LogP contribution in [0.4, 0.5) is 5.69 Å². The number of nitrogens with one attached hydrogen (secondary N) is 1. The Morgan fingerprint density at radius 1 is 0.920 bits per heavy atom. The molecule has 0 fully saturated rings. The highest BCUT2D eigenvalue weighted by Crippen LogP contribution is 2.16. The van der Waals surface area contributed by atoms with Crippen LogP contribution in [0.15, 0.2) is 48.5 Å². The number of aryl methyl sites for hydroxylation is 1. The lowest BCUT2D eigenvalue weighted by molar-refractivity contribution is -0.149. The van der Waals surface area contributed by atoms with Gasteiger partial charge in [-0.1, -0.05) is 19.1 Å². The highest BCUT2D eigenvalue weighted by molar-refractivity contribution is 5.92. The number of amides is 1. The van der Waals surface area contributed by atoms with Gasteiger partial charge in [0.2, 0.25) is 0 Å². The molecule has 6 nitrogen and oxygen atoms in total. The summed E-state index contributed by atoms with van der Waals surface area (Å²) in [5.41, 5.74) is 1.84. The Kier molecular flexibility index (Phi) is 6.83. The fourth-order valence-electron chi connectivity index (χ4n) is 2.02. The molecule has 2 aromatic carbocycles. The molecule has 0 aliphatic rings. The molecule has 0 spiro atoms. The predicted octanol–water partition coefficient (Wildman–Crippen LogP) is 2.82. The van der Waals surface area contributed by atoms with Gasteiger partial charge in [0.15, 0.2) is 13.2 Å². The van der Waals surface area contributed by atoms with Crippen LogP contribution < -0.4 is 14.8 Å². The maximum atomic E-state index is 11.8. The summed E-state index contributed by atoms with van der Waals surface area (Å²) in [6.45, 7) is 1.42. The molecule has 6 heteroatoms. The summed E-state index contributed by atoms with van der Waals surface area (Å²) in [5, 5.41) is 2.66. The van der Waals surface area contributed by atoms with Gasteiger partial charge in [-0.05, 0) is 48.4 Å². The third kappa shape index (κ3) is 6.18. The molecule has 0 saturated carbocycles. The number of ether oxygens (including phenoxy) is 3. The summed E-state index contributed by atoms with van der Waals surface area (Å²) in [7, 11) is 1.57. The number of rotatable bonds is 8. The molecule has 132 valence electrons. The van der Waals surface area contributed by atoms with Crippen molar-refractivity contribution in [2.45, 2.75) is 13.3 Å². The molecule has 0 bridgehead atoms. The fraction of sp³-hybridized carbons (Fsp3) is 0.263. The Labute approximate surface area is 146 Å². The van der Waals surface area contributed by atoms with Crippen LogP contribution in [-0.4, -0.2) is 32.2 Å². The summed E-state index contributed by atoms with van der Waals surface area (Å²) in [5.74, 6) is 0.186. The quantitative estimate of drug-likeness (QED) is 0.746. The van der Waals surface area contributed by atoms with Crippen molar-refractivity contribution in [1.82, 2.24) is 0 Å². The van der Waals surface area contributed by atoms with E-state index in [4.69, 9.17) is 14.2 Å². The smallest absolute Gasteiger partial charge is 0.344 e. The summed E-state index contributed by atoms with van der Waals surface area (Å²) >= 11 is 0. The molecule has 0 unspecified atom stereocenters. The summed E-state index contributed by atoms with van der Waals surface area (Å²) in [6.07, 6.45) is 0.931. The van der Waals surface area contributed by atoms with Crippen LogP contribution in [0.5, 0.6) is 11.5 Å². The van der Waals surface area contributed by atoms with E-state index in [-0.39, 0.29) is 13.2 Å². The van der Waals surface area contributed by atoms with Gasteiger partial charge in [-0.25, -0.2) is 4.79 Å². The lowest BCUT2D eigenvalue weighted by atomic mass is 10.1. The third-order valence-corrected chi connectivity index (χ3v) is 3.43. The van der Waals surface area contributed by atoms with Gasteiger partial charge in [0.1, 0.15) is 11.5 Å². The summed E-state index contributed by atoms with van der Waals surface area (Å²) in [6, 6.07) is 14.3. The molecule has 0 aromatic heterocycles. The molecule has 25 heavy (non-hydrogen) atoms. The molecule has 1 amide bonds. The molecular formula is C19H21NO5. The summed E-state index contributed by atoms with van der Waals surface area (Å²) in [4.78, 5) is 23.4. The van der Waals surface area contributed by atoms with E-state index in [2.05, 4.69) is 12.2 Å². The number of hydrogen-bond donors (Lipinski definition) is 1. The first-order chi connectivity index (χ1) is 12.1. The number of carbonyl (C=O) groups excluding carboxylic acids is 2. The number of benzene rings is 2. The standard InChI is InChI=1S/C19H21NO5/c1-3-14-4-6-15(7-5-14)20-18(21)12-25-19(22)13-24-17-10-8-16(23-2)9-11-17/h4-11H,3,12-13H2,1-2H3,(H,20,21). The van der Waals surface area contributed by atoms with E-state index in [0.29, 0.717) is 17.2 Å². The molecule has 0 atom stereocenters. The van der Waals surface area contributed by atoms with Crippen LogP contribution in [0.2, 0.25) is 0 Å². The third-order valence-electron chi connectivity index (χ3n) is 3.43. The van der Waals surface area contributed by atoms with Crippen molar-refractivity contribution < 1.29 is 23.8 Å². The van der Waals surface area contributed by atoms with E-state index < -0.39 is 11.9 Å². The van der Waals surface area contributed by atoms with Crippen LogP contribution in [0.1, 0.15) is 12.5 Å². The average molecular weight is 343 g/mol. The van der Waals surface area contributed by atoms with Crippen molar-refractivity contribution >= 4 is 17.6 Å². The monoisotopic (exact) mass is 343 g/mol. The van der Waals surface area contributed by atoms with Gasteiger partial charge in [-0.15, -0.1) is 0 Å². The number of hydrogen-bond acceptors (Lipinski definition) is 5. The van der Waals surface area contributed by atoms with Gasteiger partial charge < -0.3 is 19.5 Å². The molecule has 2 aromatic rings. The van der Waals surface area contributed by atoms with E-state index in [1.54, 1.807) is 31.4 Å². The second-order valence-corrected chi connectivity index (χ2v) is 5.22. The van der Waals surface area contributed by atoms with Gasteiger partial charge >= 0.3 is 5.97 Å². The Bertz CT molecular complexity index is 695. The Hall–Kier alpha value is -3.02. The van der Waals surface area contributed by atoms with Gasteiger partial charge in [-0.3, -0.25) is 4.79 Å². The maximum Gasteiger partial charge on any atom is 0.344 e. The molecule has 0 heterocycles. The topological polar surface area (TPSA) is 73.9 Å². The van der Waals surface area contributed by atoms with Gasteiger partial charge in [0, 0.05) is 5.69 Å². The Morgan fingerprint density at radius 3 is 2.16 bits per heavy atom. The Balaban J connectivity index is 1.70. The lowest BCUT2D eigenvalue weighted by Crippen LogP contribution is -2.23. The first-order valence-corrected chi connectivity index (χ1v) is 7.92. The van der Waals surface area contributed by atoms with Crippen molar-refractivity contribution in [2.75, 3.05) is 25.6 Å². The summed E-state index contributed by atoms with van der Waals surface area (Å²) < 4.78 is 15.2. The van der Waals surface area contributed by atoms with Gasteiger partial charge in [0.25, 0.3) is 5.91 Å². The molecule has 0 radical (unpaired) electrons. The van der Waals surface area contributed by atoms with E-state index in [1.165, 1.54) is 5.56 Å². The second kappa shape index (κ2) is 9.32. The van der Waals surface area contributed by atoms with Crippen molar-refractivity contribution in [2.24, 2.45) is 0 Å². The normalized spacial score (nSPS) is 10.0. The zero-order valence-electron chi connectivity index (χ0n) is 14.3. The zero-order valence-corrected chi connectivity index (χ0v) is 14.3. The number of esters is 1. The number of carbonyl (C=O) groups is 2. The van der Waals surface area contributed by atoms with Crippen molar-refractivity contribution in [3.05, 3.63) is 54.1 Å². The first kappa shape index (κ1) is 18.3. The minimum absolute atomic E-state index is 0.273. The minimum atomic E-state index is -0.618. The van der Waals surface area contributed by atoms with Crippen LogP contribution in [0.25, 0.3) is 0 Å². The number of methoxy groups -OCH3 is 1. The Morgan fingerprint density at radius 2 is 1.56 bits per heavy atom. The van der Waals surface area contributed by atoms with E-state index >= 15 is 0 Å². The number of anilines is 1. The van der Waals surface area contributed by atoms with Gasteiger partial charge in [-0.2, -0.15) is 0 Å². The molecule has 0 aliphatic carbocycles. The van der Waals surface area contributed by atoms with Crippen molar-refractivity contribution in [3.8, 4) is 11.5 Å². The molecule has 1 N–H and O–H groups in total. The molecule has 2 rings (SSSR count). The van der Waals surface area contributed by atoms with E-state index in [0.717, 1.165) is 6.42 Å². The van der Waals surface area contributed by atoms with Crippen molar-refractivity contribution in [3.63, 3.8) is 0 Å². The fourth-order valence-corrected chi connectivity index (χ4v) is 2.02. The minimum Gasteiger partial charge on any atom is -0.497 e. The van der Waals surface area contributed by atoms with Crippen LogP contribution in [-0.2, 0) is 20.7 Å². The average Bonchev–Trinajstić information content (AvgIpc) is 2.65. The SMILES string of the molecule is CCc1ccc(NC(=O)COC(=O)COc2ccc(OC)cc2)cc1.